The van der Waals surface area contributed by atoms with Crippen molar-refractivity contribution in [2.45, 2.75) is 17.9 Å². The summed E-state index contributed by atoms with van der Waals surface area (Å²) in [7, 11) is 4.50. The molecule has 2 atom stereocenters. The van der Waals surface area contributed by atoms with Crippen molar-refractivity contribution in [3.05, 3.63) is 94.0 Å². The molecule has 0 N–H and O–H groups in total. The van der Waals surface area contributed by atoms with Crippen molar-refractivity contribution >= 4 is 33.4 Å². The van der Waals surface area contributed by atoms with Gasteiger partial charge in [-0.2, -0.15) is 0 Å². The third kappa shape index (κ3) is 7.81. The van der Waals surface area contributed by atoms with E-state index in [1.165, 1.54) is 26.2 Å². The Bertz CT molecular complexity index is 1170. The van der Waals surface area contributed by atoms with Crippen molar-refractivity contribution in [3.8, 4) is 17.2 Å². The van der Waals surface area contributed by atoms with Crippen molar-refractivity contribution in [1.29, 1.82) is 0 Å². The molecule has 0 aliphatic rings. The number of nitro groups is 1. The standard InChI is InChI=1S/C16H15NO5.C10H11BrO3/c1-11(18)16(12-7-9-13(21-2)10-8-12)22-15-6-4-3-5-14(15)17(19)20;1-13-8-5-3-7(4-6-8)9(11)10(12)14-2/h3-10,16H,1-2H3;3-6,9H,1-2H3. The number of halogens is 1. The van der Waals surface area contributed by atoms with Gasteiger partial charge in [0.2, 0.25) is 0 Å². The first kappa shape index (κ1) is 28.3. The minimum Gasteiger partial charge on any atom is -0.497 e. The van der Waals surface area contributed by atoms with Crippen LogP contribution in [0.4, 0.5) is 5.69 Å². The molecule has 0 radical (unpaired) electrons. The van der Waals surface area contributed by atoms with Gasteiger partial charge in [0.15, 0.2) is 17.6 Å². The van der Waals surface area contributed by atoms with Gasteiger partial charge in [-0.1, -0.05) is 52.3 Å². The molecule has 0 saturated carbocycles. The van der Waals surface area contributed by atoms with E-state index in [-0.39, 0.29) is 23.2 Å². The molecule has 0 aromatic heterocycles. The van der Waals surface area contributed by atoms with E-state index in [2.05, 4.69) is 20.7 Å². The fourth-order valence-corrected chi connectivity index (χ4v) is 3.50. The molecule has 3 aromatic carbocycles. The van der Waals surface area contributed by atoms with E-state index in [1.807, 2.05) is 12.1 Å². The maximum Gasteiger partial charge on any atom is 0.323 e. The number of benzene rings is 3. The first-order chi connectivity index (χ1) is 17.2. The lowest BCUT2D eigenvalue weighted by Gasteiger charge is -2.17. The molecular weight excluding hydrogens is 534 g/mol. The van der Waals surface area contributed by atoms with Crippen LogP contribution < -0.4 is 14.2 Å². The zero-order chi connectivity index (χ0) is 26.7. The average Bonchev–Trinajstić information content (AvgIpc) is 2.91. The van der Waals surface area contributed by atoms with Gasteiger partial charge in [0.1, 0.15) is 16.3 Å². The number of hydrogen-bond donors (Lipinski definition) is 0. The van der Waals surface area contributed by atoms with E-state index < -0.39 is 15.9 Å². The van der Waals surface area contributed by atoms with E-state index in [1.54, 1.807) is 62.8 Å². The largest absolute Gasteiger partial charge is 0.497 e. The fraction of sp³-hybridized carbons (Fsp3) is 0.231. The lowest BCUT2D eigenvalue weighted by molar-refractivity contribution is -0.386. The van der Waals surface area contributed by atoms with Gasteiger partial charge < -0.3 is 18.9 Å². The molecule has 9 nitrogen and oxygen atoms in total. The number of hydrogen-bond acceptors (Lipinski definition) is 8. The van der Waals surface area contributed by atoms with E-state index in [0.29, 0.717) is 11.3 Å². The smallest absolute Gasteiger partial charge is 0.323 e. The summed E-state index contributed by atoms with van der Waals surface area (Å²) in [6, 6.07) is 20.0. The molecule has 0 fully saturated rings. The number of alkyl halides is 1. The number of methoxy groups -OCH3 is 3. The molecule has 10 heteroatoms. The Morgan fingerprint density at radius 3 is 1.78 bits per heavy atom. The number of Topliss-reactive ketones (excluding diaryl/α,β-unsaturated/α-hetero) is 1. The second-order valence-electron chi connectivity index (χ2n) is 7.27. The van der Waals surface area contributed by atoms with E-state index in [0.717, 1.165) is 11.3 Å². The molecule has 0 bridgehead atoms. The number of ether oxygens (including phenoxy) is 4. The number of ketones is 1. The highest BCUT2D eigenvalue weighted by molar-refractivity contribution is 9.09. The van der Waals surface area contributed by atoms with Crippen LogP contribution in [0.15, 0.2) is 72.8 Å². The molecule has 2 unspecified atom stereocenters. The predicted octanol–water partition coefficient (Wildman–Crippen LogP) is 5.62. The molecule has 0 amide bonds. The minimum atomic E-state index is -0.910. The molecule has 190 valence electrons. The second kappa shape index (κ2) is 13.8. The predicted molar refractivity (Wildman–Crippen MR) is 137 cm³/mol. The van der Waals surface area contributed by atoms with E-state index in [9.17, 15) is 19.7 Å². The number of carbonyl (C=O) groups excluding carboxylic acids is 2. The number of carbonyl (C=O) groups is 2. The normalized spacial score (nSPS) is 11.7. The lowest BCUT2D eigenvalue weighted by Crippen LogP contribution is -2.16. The Kier molecular flexibility index (Phi) is 10.9. The molecule has 0 saturated heterocycles. The van der Waals surface area contributed by atoms with Crippen LogP contribution in [0.2, 0.25) is 0 Å². The van der Waals surface area contributed by atoms with Gasteiger partial charge in [-0.25, -0.2) is 0 Å². The van der Waals surface area contributed by atoms with Crippen LogP contribution in [0, 0.1) is 10.1 Å². The second-order valence-corrected chi connectivity index (χ2v) is 8.18. The molecule has 0 heterocycles. The maximum atomic E-state index is 11.9. The summed E-state index contributed by atoms with van der Waals surface area (Å²) in [6.07, 6.45) is -0.910. The monoisotopic (exact) mass is 559 g/mol. The summed E-state index contributed by atoms with van der Waals surface area (Å²) in [5, 5.41) is 11.0. The summed E-state index contributed by atoms with van der Waals surface area (Å²) in [5.74, 6) is 0.914. The Morgan fingerprint density at radius 1 is 0.833 bits per heavy atom. The number of nitro benzene ring substituents is 1. The van der Waals surface area contributed by atoms with Crippen LogP contribution in [-0.4, -0.2) is 38.0 Å². The highest BCUT2D eigenvalue weighted by Gasteiger charge is 2.23. The molecule has 0 spiro atoms. The van der Waals surface area contributed by atoms with Crippen LogP contribution >= 0.6 is 15.9 Å². The summed E-state index contributed by atoms with van der Waals surface area (Å²) in [6.45, 7) is 1.38. The van der Waals surface area contributed by atoms with Gasteiger partial charge in [0.05, 0.1) is 26.3 Å². The first-order valence-corrected chi connectivity index (χ1v) is 11.5. The molecule has 3 aromatic rings. The fourth-order valence-electron chi connectivity index (χ4n) is 3.01. The molecule has 3 rings (SSSR count). The minimum absolute atomic E-state index is 0.0588. The Hall–Kier alpha value is -3.92. The third-order valence-corrected chi connectivity index (χ3v) is 5.81. The Labute approximate surface area is 217 Å². The van der Waals surface area contributed by atoms with Crippen LogP contribution in [-0.2, 0) is 14.3 Å². The van der Waals surface area contributed by atoms with Crippen molar-refractivity contribution in [3.63, 3.8) is 0 Å². The third-order valence-electron chi connectivity index (χ3n) is 4.91. The number of esters is 1. The van der Waals surface area contributed by atoms with Crippen LogP contribution in [0.5, 0.6) is 17.2 Å². The Balaban J connectivity index is 0.000000281. The summed E-state index contributed by atoms with van der Waals surface area (Å²) < 4.78 is 20.3. The number of para-hydroxylation sites is 2. The van der Waals surface area contributed by atoms with Gasteiger partial charge in [0, 0.05) is 11.6 Å². The van der Waals surface area contributed by atoms with E-state index in [4.69, 9.17) is 14.2 Å². The van der Waals surface area contributed by atoms with Gasteiger partial charge in [-0.05, 0) is 42.8 Å². The molecular formula is C26H26BrNO8. The van der Waals surface area contributed by atoms with Crippen LogP contribution in [0.25, 0.3) is 0 Å². The van der Waals surface area contributed by atoms with Crippen LogP contribution in [0.1, 0.15) is 29.0 Å². The average molecular weight is 560 g/mol. The van der Waals surface area contributed by atoms with Gasteiger partial charge in [0.25, 0.3) is 0 Å². The van der Waals surface area contributed by atoms with Crippen molar-refractivity contribution < 1.29 is 33.5 Å². The van der Waals surface area contributed by atoms with E-state index >= 15 is 0 Å². The van der Waals surface area contributed by atoms with Gasteiger partial charge in [-0.3, -0.25) is 19.7 Å². The van der Waals surface area contributed by atoms with Crippen molar-refractivity contribution in [1.82, 2.24) is 0 Å². The van der Waals surface area contributed by atoms with Gasteiger partial charge >= 0.3 is 11.7 Å². The van der Waals surface area contributed by atoms with Crippen LogP contribution in [0.3, 0.4) is 0 Å². The quantitative estimate of drug-likeness (QED) is 0.144. The lowest BCUT2D eigenvalue weighted by atomic mass is 10.1. The van der Waals surface area contributed by atoms with Gasteiger partial charge in [-0.15, -0.1) is 0 Å². The summed E-state index contributed by atoms with van der Waals surface area (Å²) in [4.78, 5) is 33.1. The highest BCUT2D eigenvalue weighted by Crippen LogP contribution is 2.31. The first-order valence-electron chi connectivity index (χ1n) is 10.6. The zero-order valence-corrected chi connectivity index (χ0v) is 21.8. The topological polar surface area (TPSA) is 114 Å². The molecule has 0 aliphatic heterocycles. The summed E-state index contributed by atoms with van der Waals surface area (Å²) in [5.41, 5.74) is 1.27. The number of nitrogens with zero attached hydrogens (tertiary/aromatic N) is 1. The molecule has 0 aliphatic carbocycles. The number of rotatable bonds is 9. The maximum absolute atomic E-state index is 11.9. The van der Waals surface area contributed by atoms with Crippen molar-refractivity contribution in [2.24, 2.45) is 0 Å². The highest BCUT2D eigenvalue weighted by atomic mass is 79.9. The zero-order valence-electron chi connectivity index (χ0n) is 20.2. The Morgan fingerprint density at radius 2 is 1.33 bits per heavy atom. The SMILES string of the molecule is COC(=O)C(Br)c1ccc(OC)cc1.COc1ccc(C(Oc2ccccc2[N+](=O)[O-])C(C)=O)cc1. The van der Waals surface area contributed by atoms with Crippen molar-refractivity contribution in [2.75, 3.05) is 21.3 Å². The summed E-state index contributed by atoms with van der Waals surface area (Å²) >= 11 is 3.24. The molecule has 36 heavy (non-hydrogen) atoms.